The molecule has 2 rings (SSSR count). The Hall–Kier alpha value is -1.49. The van der Waals surface area contributed by atoms with Gasteiger partial charge < -0.3 is 10.6 Å². The predicted molar refractivity (Wildman–Crippen MR) is 77.7 cm³/mol. The molecule has 1 aromatic carbocycles. The molecule has 2 N–H and O–H groups in total. The molecule has 1 aliphatic rings. The molecule has 0 saturated carbocycles. The van der Waals surface area contributed by atoms with Crippen LogP contribution < -0.4 is 5.73 Å². The minimum atomic E-state index is -0.614. The van der Waals surface area contributed by atoms with E-state index in [1.54, 1.807) is 4.90 Å². The maximum absolute atomic E-state index is 13.7. The molecular weight excluding hydrogens is 274 g/mol. The molecular formula is C16H22F2N2O. The molecule has 1 saturated heterocycles. The van der Waals surface area contributed by atoms with Gasteiger partial charge in [0.2, 0.25) is 5.91 Å². The molecule has 1 unspecified atom stereocenters. The molecule has 0 aliphatic carbocycles. The van der Waals surface area contributed by atoms with E-state index in [9.17, 15) is 13.6 Å². The lowest BCUT2D eigenvalue weighted by molar-refractivity contribution is -0.135. The number of halogens is 2. The Morgan fingerprint density at radius 3 is 2.24 bits per heavy atom. The smallest absolute Gasteiger partial charge is 0.227 e. The molecule has 116 valence electrons. The van der Waals surface area contributed by atoms with E-state index in [4.69, 9.17) is 5.73 Å². The summed E-state index contributed by atoms with van der Waals surface area (Å²) in [6, 6.07) is 3.74. The molecule has 1 atom stereocenters. The van der Waals surface area contributed by atoms with Gasteiger partial charge in [0.05, 0.1) is 5.92 Å². The van der Waals surface area contributed by atoms with E-state index >= 15 is 0 Å². The second-order valence-corrected chi connectivity index (χ2v) is 5.58. The molecule has 0 bridgehead atoms. The van der Waals surface area contributed by atoms with E-state index in [0.29, 0.717) is 0 Å². The van der Waals surface area contributed by atoms with E-state index in [2.05, 4.69) is 0 Å². The molecule has 1 aromatic rings. The lowest BCUT2D eigenvalue weighted by Gasteiger charge is -2.25. The predicted octanol–water partition coefficient (Wildman–Crippen LogP) is 2.48. The van der Waals surface area contributed by atoms with Crippen LogP contribution in [0.1, 0.15) is 31.2 Å². The summed E-state index contributed by atoms with van der Waals surface area (Å²) < 4.78 is 27.4. The van der Waals surface area contributed by atoms with Crippen LogP contribution in [0, 0.1) is 17.6 Å². The Labute approximate surface area is 124 Å². The average Bonchev–Trinajstić information content (AvgIpc) is 2.75. The van der Waals surface area contributed by atoms with Gasteiger partial charge in [-0.05, 0) is 31.4 Å². The normalized spacial score (nSPS) is 17.4. The highest BCUT2D eigenvalue weighted by Gasteiger charge is 2.26. The Bertz CT molecular complexity index is 465. The van der Waals surface area contributed by atoms with Crippen LogP contribution >= 0.6 is 0 Å². The fourth-order valence-corrected chi connectivity index (χ4v) is 2.79. The average molecular weight is 296 g/mol. The zero-order chi connectivity index (χ0) is 15.2. The number of nitrogens with two attached hydrogens (primary N) is 1. The van der Waals surface area contributed by atoms with Crippen LogP contribution in [0.3, 0.4) is 0 Å². The van der Waals surface area contributed by atoms with Crippen LogP contribution in [0.4, 0.5) is 8.78 Å². The first-order valence-corrected chi connectivity index (χ1v) is 7.55. The lowest BCUT2D eigenvalue weighted by atomic mass is 9.97. The zero-order valence-electron chi connectivity index (χ0n) is 12.2. The second kappa shape index (κ2) is 7.50. The van der Waals surface area contributed by atoms with Crippen molar-refractivity contribution in [1.82, 2.24) is 4.90 Å². The summed E-state index contributed by atoms with van der Waals surface area (Å²) >= 11 is 0. The van der Waals surface area contributed by atoms with Crippen molar-refractivity contribution < 1.29 is 13.6 Å². The number of amides is 1. The molecule has 1 amide bonds. The van der Waals surface area contributed by atoms with E-state index < -0.39 is 17.6 Å². The third kappa shape index (κ3) is 4.00. The van der Waals surface area contributed by atoms with Crippen molar-refractivity contribution in [2.45, 2.75) is 32.1 Å². The van der Waals surface area contributed by atoms with Crippen molar-refractivity contribution in [2.75, 3.05) is 19.6 Å². The number of hydrogen-bond acceptors (Lipinski definition) is 2. The van der Waals surface area contributed by atoms with Crippen molar-refractivity contribution in [2.24, 2.45) is 11.7 Å². The number of likely N-dealkylation sites (tertiary alicyclic amines) is 1. The van der Waals surface area contributed by atoms with Crippen LogP contribution in [-0.2, 0) is 11.2 Å². The summed E-state index contributed by atoms with van der Waals surface area (Å²) in [5, 5.41) is 0. The summed E-state index contributed by atoms with van der Waals surface area (Å²) in [5.74, 6) is -1.87. The van der Waals surface area contributed by atoms with Gasteiger partial charge in [-0.25, -0.2) is 8.78 Å². The van der Waals surface area contributed by atoms with Gasteiger partial charge in [0.25, 0.3) is 0 Å². The third-order valence-corrected chi connectivity index (χ3v) is 4.06. The highest BCUT2D eigenvalue weighted by molar-refractivity contribution is 5.79. The highest BCUT2D eigenvalue weighted by Crippen LogP contribution is 2.19. The second-order valence-electron chi connectivity index (χ2n) is 5.58. The quantitative estimate of drug-likeness (QED) is 0.928. The van der Waals surface area contributed by atoms with Crippen LogP contribution in [0.5, 0.6) is 0 Å². The summed E-state index contributed by atoms with van der Waals surface area (Å²) in [5.41, 5.74) is 5.63. The van der Waals surface area contributed by atoms with E-state index in [1.165, 1.54) is 18.2 Å². The molecule has 21 heavy (non-hydrogen) atoms. The van der Waals surface area contributed by atoms with Crippen LogP contribution in [-0.4, -0.2) is 30.4 Å². The Morgan fingerprint density at radius 2 is 1.71 bits per heavy atom. The summed E-state index contributed by atoms with van der Waals surface area (Å²) in [6.45, 7) is 1.54. The summed E-state index contributed by atoms with van der Waals surface area (Å²) in [7, 11) is 0. The fourth-order valence-electron chi connectivity index (χ4n) is 2.79. The number of hydrogen-bond donors (Lipinski definition) is 1. The topological polar surface area (TPSA) is 46.3 Å². The number of rotatable bonds is 4. The number of carbonyl (C=O) groups is 1. The van der Waals surface area contributed by atoms with Crippen molar-refractivity contribution in [3.63, 3.8) is 0 Å². The van der Waals surface area contributed by atoms with Gasteiger partial charge in [-0.2, -0.15) is 0 Å². The SMILES string of the molecule is NCC(Cc1c(F)cccc1F)C(=O)N1CCCCCC1. The molecule has 0 spiro atoms. The Morgan fingerprint density at radius 1 is 1.14 bits per heavy atom. The minimum Gasteiger partial charge on any atom is -0.342 e. The van der Waals surface area contributed by atoms with Gasteiger partial charge in [-0.1, -0.05) is 18.9 Å². The van der Waals surface area contributed by atoms with Gasteiger partial charge in [0.15, 0.2) is 0 Å². The number of nitrogens with zero attached hydrogens (tertiary/aromatic N) is 1. The van der Waals surface area contributed by atoms with Gasteiger partial charge in [-0.15, -0.1) is 0 Å². The maximum atomic E-state index is 13.7. The van der Waals surface area contributed by atoms with Crippen LogP contribution in [0.2, 0.25) is 0 Å². The highest BCUT2D eigenvalue weighted by atomic mass is 19.1. The van der Waals surface area contributed by atoms with Crippen molar-refractivity contribution in [3.8, 4) is 0 Å². The number of benzene rings is 1. The first kappa shape index (κ1) is 15.9. The number of carbonyl (C=O) groups excluding carboxylic acids is 1. The van der Waals surface area contributed by atoms with E-state index in [-0.39, 0.29) is 24.4 Å². The molecule has 1 aliphatic heterocycles. The fraction of sp³-hybridized carbons (Fsp3) is 0.562. The Kier molecular flexibility index (Phi) is 5.67. The van der Waals surface area contributed by atoms with Crippen molar-refractivity contribution in [1.29, 1.82) is 0 Å². The summed E-state index contributed by atoms with van der Waals surface area (Å²) in [6.07, 6.45) is 4.23. The Balaban J connectivity index is 2.10. The van der Waals surface area contributed by atoms with Gasteiger partial charge in [0, 0.05) is 25.2 Å². The van der Waals surface area contributed by atoms with Crippen LogP contribution in [0.25, 0.3) is 0 Å². The monoisotopic (exact) mass is 296 g/mol. The first-order chi connectivity index (χ1) is 10.1. The van der Waals surface area contributed by atoms with Gasteiger partial charge in [0.1, 0.15) is 11.6 Å². The molecule has 1 fully saturated rings. The first-order valence-electron chi connectivity index (χ1n) is 7.55. The van der Waals surface area contributed by atoms with Gasteiger partial charge >= 0.3 is 0 Å². The zero-order valence-corrected chi connectivity index (χ0v) is 12.2. The standard InChI is InChI=1S/C16H22F2N2O/c17-14-6-5-7-15(18)13(14)10-12(11-19)16(21)20-8-3-1-2-4-9-20/h5-7,12H,1-4,8-11,19H2. The molecule has 1 heterocycles. The van der Waals surface area contributed by atoms with E-state index in [1.807, 2.05) is 0 Å². The molecule has 0 radical (unpaired) electrons. The lowest BCUT2D eigenvalue weighted by Crippen LogP contribution is -2.40. The van der Waals surface area contributed by atoms with Crippen LogP contribution in [0.15, 0.2) is 18.2 Å². The molecule has 3 nitrogen and oxygen atoms in total. The largest absolute Gasteiger partial charge is 0.342 e. The molecule has 5 heteroatoms. The molecule has 0 aromatic heterocycles. The summed E-state index contributed by atoms with van der Waals surface area (Å²) in [4.78, 5) is 14.3. The third-order valence-electron chi connectivity index (χ3n) is 4.06. The van der Waals surface area contributed by atoms with Crippen molar-refractivity contribution in [3.05, 3.63) is 35.4 Å². The van der Waals surface area contributed by atoms with E-state index in [0.717, 1.165) is 38.8 Å². The minimum absolute atomic E-state index is 0.0182. The van der Waals surface area contributed by atoms with Crippen molar-refractivity contribution >= 4 is 5.91 Å². The van der Waals surface area contributed by atoms with Gasteiger partial charge in [-0.3, -0.25) is 4.79 Å². The maximum Gasteiger partial charge on any atom is 0.227 e.